The van der Waals surface area contributed by atoms with Crippen molar-refractivity contribution in [2.75, 3.05) is 32.8 Å². The summed E-state index contributed by atoms with van der Waals surface area (Å²) in [6.07, 6.45) is 3.79. The zero-order valence-corrected chi connectivity index (χ0v) is 10.4. The Morgan fingerprint density at radius 2 is 2.13 bits per heavy atom. The molecule has 4 heteroatoms. The Hall–Kier alpha value is 0.170. The van der Waals surface area contributed by atoms with E-state index in [1.807, 2.05) is 0 Å². The van der Waals surface area contributed by atoms with Crippen LogP contribution < -0.4 is 5.32 Å². The molecular weight excluding hydrogens is 212 g/mol. The largest absolute Gasteiger partial charge is 0.381 e. The van der Waals surface area contributed by atoms with Gasteiger partial charge in [-0.1, -0.05) is 0 Å². The lowest BCUT2D eigenvalue weighted by molar-refractivity contribution is 0.0941. The molecule has 1 N–H and O–H groups in total. The average molecular weight is 235 g/mol. The van der Waals surface area contributed by atoms with Crippen LogP contribution in [-0.4, -0.2) is 49.8 Å². The summed E-state index contributed by atoms with van der Waals surface area (Å²) >= 11 is 0. The third kappa shape index (κ3) is 3.59. The second-order valence-electron chi connectivity index (χ2n) is 4.49. The predicted molar refractivity (Wildman–Crippen MR) is 64.7 cm³/mol. The Morgan fingerprint density at radius 1 is 1.27 bits per heavy atom. The number of halogens is 1. The molecule has 3 nitrogen and oxygen atoms in total. The predicted octanol–water partition coefficient (Wildman–Crippen LogP) is 1.27. The summed E-state index contributed by atoms with van der Waals surface area (Å²) in [5, 5.41) is 3.45. The van der Waals surface area contributed by atoms with Crippen LogP contribution in [0.25, 0.3) is 0 Å². The quantitative estimate of drug-likeness (QED) is 0.740. The number of rotatable bonds is 1. The molecule has 2 heterocycles. The average Bonchev–Trinajstić information content (AvgIpc) is 2.47. The fourth-order valence-electron chi connectivity index (χ4n) is 2.62. The number of hydrogen-bond acceptors (Lipinski definition) is 3. The summed E-state index contributed by atoms with van der Waals surface area (Å²) in [4.78, 5) is 2.67. The molecule has 1 unspecified atom stereocenters. The van der Waals surface area contributed by atoms with Gasteiger partial charge < -0.3 is 10.1 Å². The van der Waals surface area contributed by atoms with Crippen LogP contribution in [0.15, 0.2) is 0 Å². The molecule has 2 rings (SSSR count). The summed E-state index contributed by atoms with van der Waals surface area (Å²) in [6, 6.07) is 1.47. The molecule has 0 aliphatic carbocycles. The number of nitrogens with zero attached hydrogens (tertiary/aromatic N) is 1. The number of hydrogen-bond donors (Lipinski definition) is 1. The number of ether oxygens (including phenoxy) is 1. The first-order valence-electron chi connectivity index (χ1n) is 5.92. The van der Waals surface area contributed by atoms with Crippen molar-refractivity contribution in [2.45, 2.75) is 38.3 Å². The lowest BCUT2D eigenvalue weighted by Crippen LogP contribution is -2.53. The Morgan fingerprint density at radius 3 is 2.93 bits per heavy atom. The van der Waals surface area contributed by atoms with Crippen molar-refractivity contribution in [2.24, 2.45) is 0 Å². The van der Waals surface area contributed by atoms with Crippen molar-refractivity contribution >= 4 is 12.4 Å². The topological polar surface area (TPSA) is 24.5 Å². The molecule has 2 fully saturated rings. The van der Waals surface area contributed by atoms with Gasteiger partial charge in [-0.05, 0) is 26.2 Å². The van der Waals surface area contributed by atoms with Gasteiger partial charge in [0.05, 0.1) is 0 Å². The summed E-state index contributed by atoms with van der Waals surface area (Å²) in [7, 11) is 0. The van der Waals surface area contributed by atoms with Crippen LogP contribution in [0, 0.1) is 0 Å². The molecule has 0 amide bonds. The monoisotopic (exact) mass is 234 g/mol. The minimum Gasteiger partial charge on any atom is -0.381 e. The molecule has 0 aromatic rings. The van der Waals surface area contributed by atoms with Crippen molar-refractivity contribution in [3.63, 3.8) is 0 Å². The molecule has 0 radical (unpaired) electrons. The van der Waals surface area contributed by atoms with E-state index in [1.54, 1.807) is 0 Å². The Bertz CT molecular complexity index is 172. The fourth-order valence-corrected chi connectivity index (χ4v) is 2.62. The van der Waals surface area contributed by atoms with Gasteiger partial charge in [0.2, 0.25) is 0 Å². The summed E-state index contributed by atoms with van der Waals surface area (Å²) in [5.41, 5.74) is 0. The maximum absolute atomic E-state index is 5.51. The highest BCUT2D eigenvalue weighted by Crippen LogP contribution is 2.18. The van der Waals surface area contributed by atoms with Gasteiger partial charge in [0, 0.05) is 44.9 Å². The Kier molecular flexibility index (Phi) is 5.90. The summed E-state index contributed by atoms with van der Waals surface area (Å²) in [5.74, 6) is 0. The molecule has 2 saturated heterocycles. The standard InChI is InChI=1S/C11H22N2O.ClH/c1-10-9-12-5-6-13(10)11-3-2-7-14-8-4-11;/h10-12H,2-9H2,1H3;1H/t10-,11?;/m1./s1. The van der Waals surface area contributed by atoms with Gasteiger partial charge in [-0.2, -0.15) is 0 Å². The van der Waals surface area contributed by atoms with Gasteiger partial charge in [0.25, 0.3) is 0 Å². The molecule has 0 aromatic carbocycles. The van der Waals surface area contributed by atoms with Crippen LogP contribution in [-0.2, 0) is 4.74 Å². The lowest BCUT2D eigenvalue weighted by Gasteiger charge is -2.39. The SMILES string of the molecule is C[C@@H]1CNCCN1C1CCCOCC1.Cl. The molecule has 2 atom stereocenters. The highest BCUT2D eigenvalue weighted by molar-refractivity contribution is 5.85. The van der Waals surface area contributed by atoms with Gasteiger partial charge in [-0.15, -0.1) is 12.4 Å². The number of nitrogens with one attached hydrogen (secondary N) is 1. The first-order chi connectivity index (χ1) is 6.88. The van der Waals surface area contributed by atoms with E-state index < -0.39 is 0 Å². The summed E-state index contributed by atoms with van der Waals surface area (Å²) in [6.45, 7) is 7.78. The van der Waals surface area contributed by atoms with Crippen molar-refractivity contribution < 1.29 is 4.74 Å². The minimum absolute atomic E-state index is 0. The minimum atomic E-state index is 0. The van der Waals surface area contributed by atoms with E-state index in [2.05, 4.69) is 17.1 Å². The lowest BCUT2D eigenvalue weighted by atomic mass is 10.0. The van der Waals surface area contributed by atoms with Crippen LogP contribution in [0.4, 0.5) is 0 Å². The van der Waals surface area contributed by atoms with Gasteiger partial charge in [-0.25, -0.2) is 0 Å². The van der Waals surface area contributed by atoms with Gasteiger partial charge in [-0.3, -0.25) is 4.90 Å². The Labute approximate surface area is 99.0 Å². The molecule has 0 saturated carbocycles. The van der Waals surface area contributed by atoms with E-state index in [1.165, 1.54) is 25.8 Å². The molecule has 2 aliphatic heterocycles. The van der Waals surface area contributed by atoms with E-state index in [9.17, 15) is 0 Å². The van der Waals surface area contributed by atoms with Crippen molar-refractivity contribution in [1.29, 1.82) is 0 Å². The van der Waals surface area contributed by atoms with E-state index >= 15 is 0 Å². The maximum atomic E-state index is 5.51. The fraction of sp³-hybridized carbons (Fsp3) is 1.00. The van der Waals surface area contributed by atoms with Crippen LogP contribution >= 0.6 is 12.4 Å². The van der Waals surface area contributed by atoms with E-state index in [0.29, 0.717) is 6.04 Å². The summed E-state index contributed by atoms with van der Waals surface area (Å²) < 4.78 is 5.51. The normalized spacial score (nSPS) is 34.2. The van der Waals surface area contributed by atoms with E-state index in [4.69, 9.17) is 4.74 Å². The van der Waals surface area contributed by atoms with Crippen molar-refractivity contribution in [3.8, 4) is 0 Å². The van der Waals surface area contributed by atoms with E-state index in [0.717, 1.165) is 32.3 Å². The second kappa shape index (κ2) is 6.69. The molecule has 15 heavy (non-hydrogen) atoms. The Balaban J connectivity index is 0.00000112. The van der Waals surface area contributed by atoms with Crippen LogP contribution in [0.2, 0.25) is 0 Å². The molecule has 0 bridgehead atoms. The van der Waals surface area contributed by atoms with Gasteiger partial charge >= 0.3 is 0 Å². The highest BCUT2D eigenvalue weighted by Gasteiger charge is 2.26. The van der Waals surface area contributed by atoms with Crippen LogP contribution in [0.3, 0.4) is 0 Å². The molecular formula is C11H23ClN2O. The zero-order chi connectivity index (χ0) is 9.80. The highest BCUT2D eigenvalue weighted by atomic mass is 35.5. The van der Waals surface area contributed by atoms with Gasteiger partial charge in [0.15, 0.2) is 0 Å². The molecule has 0 aromatic heterocycles. The van der Waals surface area contributed by atoms with Crippen LogP contribution in [0.1, 0.15) is 26.2 Å². The van der Waals surface area contributed by atoms with E-state index in [-0.39, 0.29) is 12.4 Å². The smallest absolute Gasteiger partial charge is 0.0480 e. The maximum Gasteiger partial charge on any atom is 0.0480 e. The van der Waals surface area contributed by atoms with Crippen molar-refractivity contribution in [1.82, 2.24) is 10.2 Å². The third-order valence-electron chi connectivity index (χ3n) is 3.44. The molecule has 0 spiro atoms. The van der Waals surface area contributed by atoms with Gasteiger partial charge in [0.1, 0.15) is 0 Å². The second-order valence-corrected chi connectivity index (χ2v) is 4.49. The molecule has 2 aliphatic rings. The zero-order valence-electron chi connectivity index (χ0n) is 9.58. The first-order valence-corrected chi connectivity index (χ1v) is 5.92. The first kappa shape index (κ1) is 13.2. The number of piperazine rings is 1. The molecule has 90 valence electrons. The van der Waals surface area contributed by atoms with Crippen LogP contribution in [0.5, 0.6) is 0 Å². The van der Waals surface area contributed by atoms with Crippen molar-refractivity contribution in [3.05, 3.63) is 0 Å². The third-order valence-corrected chi connectivity index (χ3v) is 3.44.